The van der Waals surface area contributed by atoms with Crippen molar-refractivity contribution in [3.8, 4) is 0 Å². The number of carbonyl (C=O) groups is 2. The molecule has 118 valence electrons. The Bertz CT molecular complexity index is 303. The lowest BCUT2D eigenvalue weighted by molar-refractivity contribution is -0.160. The Morgan fingerprint density at radius 1 is 1.25 bits per heavy atom. The summed E-state index contributed by atoms with van der Waals surface area (Å²) in [6, 6.07) is 0. The normalized spacial score (nSPS) is 15.4. The highest BCUT2D eigenvalue weighted by atomic mass is 16.6. The summed E-state index contributed by atoms with van der Waals surface area (Å²) in [4.78, 5) is 22.1. The van der Waals surface area contributed by atoms with Crippen molar-refractivity contribution >= 4 is 11.9 Å². The first-order chi connectivity index (χ1) is 9.33. The molecule has 0 aromatic heterocycles. The average Bonchev–Trinajstić information content (AvgIpc) is 2.37. The summed E-state index contributed by atoms with van der Waals surface area (Å²) < 4.78 is 11.1. The summed E-state index contributed by atoms with van der Waals surface area (Å²) in [6.45, 7) is 8.49. The number of aliphatic carboxylic acids is 1. The lowest BCUT2D eigenvalue weighted by Crippen LogP contribution is -2.33. The van der Waals surface area contributed by atoms with E-state index in [2.05, 4.69) is 6.92 Å². The van der Waals surface area contributed by atoms with Crippen molar-refractivity contribution in [2.45, 2.75) is 77.9 Å². The minimum absolute atomic E-state index is 0.00490. The first kappa shape index (κ1) is 18.9. The third-order valence-electron chi connectivity index (χ3n) is 3.49. The second kappa shape index (κ2) is 9.75. The summed E-state index contributed by atoms with van der Waals surface area (Å²) in [6.07, 6.45) is 2.99. The zero-order valence-electron chi connectivity index (χ0n) is 13.1. The standard InChI is InChI=1S/C15H28O5/c1-5-12(3)19-11-10-15(4,6-2)20-14(18)9-7-8-13(16)17/h12H,5-11H2,1-4H3,(H,16,17). The van der Waals surface area contributed by atoms with Gasteiger partial charge in [-0.15, -0.1) is 0 Å². The molecule has 1 N–H and O–H groups in total. The van der Waals surface area contributed by atoms with E-state index in [9.17, 15) is 9.59 Å². The SMILES string of the molecule is CCC(C)OCCC(C)(CC)OC(=O)CCCC(=O)O. The number of carbonyl (C=O) groups excluding carboxylic acids is 1. The van der Waals surface area contributed by atoms with Gasteiger partial charge in [-0.2, -0.15) is 0 Å². The van der Waals surface area contributed by atoms with E-state index >= 15 is 0 Å². The Kier molecular flexibility index (Phi) is 9.21. The third kappa shape index (κ3) is 8.91. The van der Waals surface area contributed by atoms with Gasteiger partial charge in [0.15, 0.2) is 0 Å². The highest BCUT2D eigenvalue weighted by Gasteiger charge is 2.26. The summed E-state index contributed by atoms with van der Waals surface area (Å²) in [5.74, 6) is -1.22. The van der Waals surface area contributed by atoms with Crippen LogP contribution in [0.3, 0.4) is 0 Å². The Labute approximate surface area is 121 Å². The Balaban J connectivity index is 4.08. The average molecular weight is 288 g/mol. The van der Waals surface area contributed by atoms with Crippen LogP contribution >= 0.6 is 0 Å². The molecule has 0 rings (SSSR count). The summed E-state index contributed by atoms with van der Waals surface area (Å²) in [5.41, 5.74) is -0.534. The molecule has 5 heteroatoms. The molecule has 0 aromatic carbocycles. The smallest absolute Gasteiger partial charge is 0.306 e. The van der Waals surface area contributed by atoms with Crippen LogP contribution in [0, 0.1) is 0 Å². The molecule has 0 radical (unpaired) electrons. The molecule has 5 nitrogen and oxygen atoms in total. The maximum absolute atomic E-state index is 11.7. The highest BCUT2D eigenvalue weighted by molar-refractivity contribution is 5.71. The molecule has 0 fully saturated rings. The van der Waals surface area contributed by atoms with Crippen LogP contribution in [0.5, 0.6) is 0 Å². The molecule has 2 atom stereocenters. The molecule has 0 heterocycles. The van der Waals surface area contributed by atoms with E-state index in [1.165, 1.54) is 0 Å². The van der Waals surface area contributed by atoms with Gasteiger partial charge in [-0.3, -0.25) is 9.59 Å². The molecule has 0 saturated carbocycles. The minimum atomic E-state index is -0.891. The lowest BCUT2D eigenvalue weighted by Gasteiger charge is -2.29. The van der Waals surface area contributed by atoms with Crippen LogP contribution in [-0.4, -0.2) is 35.4 Å². The van der Waals surface area contributed by atoms with Crippen LogP contribution in [0.1, 0.15) is 66.2 Å². The van der Waals surface area contributed by atoms with Gasteiger partial charge in [0, 0.05) is 19.3 Å². The van der Waals surface area contributed by atoms with Crippen LogP contribution in [0.25, 0.3) is 0 Å². The molecule has 0 amide bonds. The third-order valence-corrected chi connectivity index (χ3v) is 3.49. The fraction of sp³-hybridized carbons (Fsp3) is 0.867. The molecule has 20 heavy (non-hydrogen) atoms. The van der Waals surface area contributed by atoms with Gasteiger partial charge in [0.1, 0.15) is 5.60 Å². The highest BCUT2D eigenvalue weighted by Crippen LogP contribution is 2.21. The fourth-order valence-electron chi connectivity index (χ4n) is 1.60. The van der Waals surface area contributed by atoms with Crippen LogP contribution in [-0.2, 0) is 19.1 Å². The van der Waals surface area contributed by atoms with Gasteiger partial charge >= 0.3 is 11.9 Å². The number of carboxylic acids is 1. The van der Waals surface area contributed by atoms with E-state index in [1.54, 1.807) is 0 Å². The number of ether oxygens (including phenoxy) is 2. The quantitative estimate of drug-likeness (QED) is 0.591. The monoisotopic (exact) mass is 288 g/mol. The fourth-order valence-corrected chi connectivity index (χ4v) is 1.60. The van der Waals surface area contributed by atoms with Crippen molar-refractivity contribution in [2.24, 2.45) is 0 Å². The molecule has 0 spiro atoms. The zero-order valence-corrected chi connectivity index (χ0v) is 13.1. The van der Waals surface area contributed by atoms with E-state index in [0.29, 0.717) is 25.9 Å². The molecular weight excluding hydrogens is 260 g/mol. The number of carboxylic acid groups (broad SMARTS) is 1. The Morgan fingerprint density at radius 3 is 2.40 bits per heavy atom. The molecule has 0 aliphatic heterocycles. The number of esters is 1. The van der Waals surface area contributed by atoms with Crippen molar-refractivity contribution in [2.75, 3.05) is 6.61 Å². The maximum Gasteiger partial charge on any atom is 0.306 e. The van der Waals surface area contributed by atoms with E-state index in [0.717, 1.165) is 6.42 Å². The van der Waals surface area contributed by atoms with E-state index in [1.807, 2.05) is 20.8 Å². The Morgan fingerprint density at radius 2 is 1.90 bits per heavy atom. The largest absolute Gasteiger partial charge is 0.481 e. The summed E-state index contributed by atoms with van der Waals surface area (Å²) >= 11 is 0. The molecule has 0 aromatic rings. The summed E-state index contributed by atoms with van der Waals surface area (Å²) in [5, 5.41) is 8.53. The first-order valence-corrected chi connectivity index (χ1v) is 7.38. The van der Waals surface area contributed by atoms with Crippen molar-refractivity contribution < 1.29 is 24.2 Å². The van der Waals surface area contributed by atoms with Gasteiger partial charge < -0.3 is 14.6 Å². The van der Waals surface area contributed by atoms with Gasteiger partial charge in [0.25, 0.3) is 0 Å². The van der Waals surface area contributed by atoms with Crippen molar-refractivity contribution in [1.82, 2.24) is 0 Å². The van der Waals surface area contributed by atoms with Gasteiger partial charge in [-0.05, 0) is 33.1 Å². The van der Waals surface area contributed by atoms with Crippen molar-refractivity contribution in [3.63, 3.8) is 0 Å². The topological polar surface area (TPSA) is 72.8 Å². The van der Waals surface area contributed by atoms with E-state index in [4.69, 9.17) is 14.6 Å². The van der Waals surface area contributed by atoms with Crippen molar-refractivity contribution in [3.05, 3.63) is 0 Å². The van der Waals surface area contributed by atoms with Crippen molar-refractivity contribution in [1.29, 1.82) is 0 Å². The maximum atomic E-state index is 11.7. The molecule has 2 unspecified atom stereocenters. The number of hydrogen-bond donors (Lipinski definition) is 1. The first-order valence-electron chi connectivity index (χ1n) is 7.38. The van der Waals surface area contributed by atoms with Crippen LogP contribution in [0.4, 0.5) is 0 Å². The minimum Gasteiger partial charge on any atom is -0.481 e. The second-order valence-corrected chi connectivity index (χ2v) is 5.36. The predicted molar refractivity (Wildman–Crippen MR) is 76.6 cm³/mol. The zero-order chi connectivity index (χ0) is 15.6. The number of hydrogen-bond acceptors (Lipinski definition) is 4. The van der Waals surface area contributed by atoms with Crippen LogP contribution < -0.4 is 0 Å². The number of rotatable bonds is 11. The van der Waals surface area contributed by atoms with Gasteiger partial charge in [-0.25, -0.2) is 0 Å². The molecule has 0 saturated heterocycles. The van der Waals surface area contributed by atoms with Crippen LogP contribution in [0.2, 0.25) is 0 Å². The van der Waals surface area contributed by atoms with Crippen LogP contribution in [0.15, 0.2) is 0 Å². The second-order valence-electron chi connectivity index (χ2n) is 5.36. The predicted octanol–water partition coefficient (Wildman–Crippen LogP) is 3.16. The molecular formula is C15H28O5. The Hall–Kier alpha value is -1.10. The molecule has 0 aliphatic carbocycles. The molecule has 0 aliphatic rings. The van der Waals surface area contributed by atoms with Gasteiger partial charge in [0.05, 0.1) is 12.7 Å². The molecule has 0 bridgehead atoms. The van der Waals surface area contributed by atoms with Gasteiger partial charge in [0.2, 0.25) is 0 Å². The lowest BCUT2D eigenvalue weighted by atomic mass is 9.99. The van der Waals surface area contributed by atoms with E-state index in [-0.39, 0.29) is 24.9 Å². The van der Waals surface area contributed by atoms with Gasteiger partial charge in [-0.1, -0.05) is 13.8 Å². The van der Waals surface area contributed by atoms with E-state index < -0.39 is 11.6 Å². The summed E-state index contributed by atoms with van der Waals surface area (Å²) in [7, 11) is 0.